The van der Waals surface area contributed by atoms with Crippen LogP contribution < -0.4 is 19.9 Å². The Labute approximate surface area is 350 Å². The molecule has 0 radical (unpaired) electrons. The topological polar surface area (TPSA) is 146 Å². The third kappa shape index (κ3) is 10.8. The molecule has 57 heavy (non-hydrogen) atoms. The first kappa shape index (κ1) is 42.2. The summed E-state index contributed by atoms with van der Waals surface area (Å²) in [5.74, 6) is 1.40. The van der Waals surface area contributed by atoms with Crippen LogP contribution in [0.1, 0.15) is 5.56 Å². The fourth-order valence-electron chi connectivity index (χ4n) is 5.60. The van der Waals surface area contributed by atoms with Crippen molar-refractivity contribution >= 4 is 125 Å². The first-order valence-corrected chi connectivity index (χ1v) is 20.6. The van der Waals surface area contributed by atoms with E-state index in [1.807, 2.05) is 70.3 Å². The number of aliphatic hydroxyl groups excluding tert-OH is 1. The molecule has 300 valence electrons. The Morgan fingerprint density at radius 1 is 0.789 bits per heavy atom. The molecule has 8 rings (SSSR count). The minimum atomic E-state index is -4.77. The summed E-state index contributed by atoms with van der Waals surface area (Å²) in [4.78, 5) is 43.1. The molecule has 1 fully saturated rings. The number of likely N-dealkylation sites (tertiary alicyclic amines) is 1. The van der Waals surface area contributed by atoms with Crippen molar-refractivity contribution in [2.75, 3.05) is 56.4 Å². The van der Waals surface area contributed by atoms with E-state index in [0.29, 0.717) is 21.9 Å². The molecule has 22 heteroatoms. The van der Waals surface area contributed by atoms with Crippen molar-refractivity contribution < 1.29 is 27.8 Å². The number of anilines is 3. The molecule has 1 aromatic carbocycles. The summed E-state index contributed by atoms with van der Waals surface area (Å²) in [5, 5.41) is 29.1. The summed E-state index contributed by atoms with van der Waals surface area (Å²) in [6, 6.07) is 4.70. The fraction of sp³-hybridized carbons (Fsp3) is 0.286. The molecule has 13 nitrogen and oxygen atoms in total. The number of amides is 1. The summed E-state index contributed by atoms with van der Waals surface area (Å²) >= 11 is 21.8. The average Bonchev–Trinajstić information content (AvgIpc) is 3.96. The van der Waals surface area contributed by atoms with Gasteiger partial charge in [-0.05, 0) is 40.9 Å². The van der Waals surface area contributed by atoms with Crippen molar-refractivity contribution in [2.24, 2.45) is 0 Å². The molecule has 6 aromatic heterocycles. The number of fused-ring (bicyclic) bond motifs is 3. The molecule has 0 unspecified atom stereocenters. The summed E-state index contributed by atoms with van der Waals surface area (Å²) in [6.45, 7) is 0.380. The SMILES string of the molecule is CN(C)c1nc(Cl)nc2cscc12.CN(C)c1nc(N[C@@H]2CN(C(=O)Cc3ccc(OC(F)(F)F)cc3)C[C@H]2O)nc2cscc12.Clc1nc(Cl)c2cscc2n1. The number of thiophene rings is 3. The first-order valence-electron chi connectivity index (χ1n) is 16.6. The number of ether oxygens (including phenoxy) is 1. The van der Waals surface area contributed by atoms with Crippen LogP contribution in [0.4, 0.5) is 30.8 Å². The van der Waals surface area contributed by atoms with Crippen LogP contribution in [0.5, 0.6) is 5.75 Å². The van der Waals surface area contributed by atoms with Gasteiger partial charge in [0.1, 0.15) is 22.5 Å². The number of halogens is 6. The second-order valence-corrected chi connectivity index (χ2v) is 16.0. The number of hydrogen-bond donors (Lipinski definition) is 2. The number of hydrogen-bond acceptors (Lipinski definition) is 15. The Bertz CT molecular complexity index is 2490. The molecule has 7 heterocycles. The van der Waals surface area contributed by atoms with Gasteiger partial charge in [0.2, 0.25) is 22.4 Å². The summed E-state index contributed by atoms with van der Waals surface area (Å²) in [5.41, 5.74) is 3.05. The van der Waals surface area contributed by atoms with Gasteiger partial charge in [0.15, 0.2) is 0 Å². The normalized spacial score (nSPS) is 15.2. The predicted octanol–water partition coefficient (Wildman–Crippen LogP) is 8.29. The van der Waals surface area contributed by atoms with Crippen LogP contribution >= 0.6 is 68.8 Å². The number of β-amino-alcohol motifs (C(OH)–C–C–N with tert-alkyl or cyclic N) is 1. The molecule has 1 amide bonds. The third-order valence-electron chi connectivity index (χ3n) is 8.20. The number of nitrogens with one attached hydrogen (secondary N) is 1. The molecular weight excluding hydrogens is 868 g/mol. The van der Waals surface area contributed by atoms with Crippen molar-refractivity contribution in [3.63, 3.8) is 0 Å². The van der Waals surface area contributed by atoms with E-state index in [2.05, 4.69) is 40.0 Å². The van der Waals surface area contributed by atoms with Gasteiger partial charge in [-0.2, -0.15) is 9.97 Å². The molecule has 0 saturated carbocycles. The highest BCUT2D eigenvalue weighted by molar-refractivity contribution is 7.10. The molecule has 0 bridgehead atoms. The lowest BCUT2D eigenvalue weighted by Gasteiger charge is -2.19. The van der Waals surface area contributed by atoms with Gasteiger partial charge in [0, 0.05) is 78.9 Å². The molecule has 2 N–H and O–H groups in total. The molecule has 1 saturated heterocycles. The van der Waals surface area contributed by atoms with Gasteiger partial charge in [-0.15, -0.1) is 47.2 Å². The highest BCUT2D eigenvalue weighted by Gasteiger charge is 2.35. The number of carbonyl (C=O) groups is 1. The molecule has 0 spiro atoms. The van der Waals surface area contributed by atoms with Crippen molar-refractivity contribution in [1.82, 2.24) is 34.8 Å². The number of benzene rings is 1. The number of alkyl halides is 3. The van der Waals surface area contributed by atoms with E-state index in [0.717, 1.165) is 44.3 Å². The molecular formula is C35H32Cl3F3N10O3S3. The van der Waals surface area contributed by atoms with E-state index < -0.39 is 18.5 Å². The maximum absolute atomic E-state index is 12.7. The fourth-order valence-corrected chi connectivity index (χ4v) is 8.51. The minimum absolute atomic E-state index is 0.00607. The monoisotopic (exact) mass is 898 g/mol. The Hall–Kier alpha value is -4.37. The van der Waals surface area contributed by atoms with Crippen LogP contribution in [0, 0.1) is 0 Å². The molecule has 7 aromatic rings. The first-order chi connectivity index (χ1) is 27.0. The lowest BCUT2D eigenvalue weighted by Crippen LogP contribution is -2.34. The number of aliphatic hydroxyl groups is 1. The largest absolute Gasteiger partial charge is 0.573 e. The second kappa shape index (κ2) is 18.0. The summed E-state index contributed by atoms with van der Waals surface area (Å²) in [7, 11) is 7.65. The molecule has 1 aliphatic rings. The van der Waals surface area contributed by atoms with E-state index in [1.165, 1.54) is 51.8 Å². The standard InChI is InChI=1S/C21H22F3N5O3S.C8H8ClN3S.C6H2Cl2N2S/c1-28(2)19-14-10-33-11-16(14)26-20(27-19)25-15-8-29(9-17(15)30)18(31)7-12-3-5-13(6-4-12)32-21(22,23)24;1-12(2)7-5-3-13-4-6(5)10-8(9)11-7;7-5-3-1-11-2-4(3)9-6(8)10-5/h3-6,10-11,15,17,30H,7-9H2,1-2H3,(H,25,26);3-4H,1-2H3;1-2H/t15-,17-;;/m1../s1. The average molecular weight is 900 g/mol. The van der Waals surface area contributed by atoms with Crippen LogP contribution in [0.25, 0.3) is 32.7 Å². The lowest BCUT2D eigenvalue weighted by atomic mass is 10.1. The second-order valence-electron chi connectivity index (χ2n) is 12.8. The van der Waals surface area contributed by atoms with Crippen molar-refractivity contribution in [3.8, 4) is 5.75 Å². The van der Waals surface area contributed by atoms with Crippen LogP contribution in [0.2, 0.25) is 15.7 Å². The smallest absolute Gasteiger partial charge is 0.406 e. The Kier molecular flexibility index (Phi) is 13.4. The van der Waals surface area contributed by atoms with E-state index in [1.54, 1.807) is 11.3 Å². The summed E-state index contributed by atoms with van der Waals surface area (Å²) < 4.78 is 40.7. The van der Waals surface area contributed by atoms with Gasteiger partial charge in [0.25, 0.3) is 0 Å². The Balaban J connectivity index is 0.000000184. The zero-order valence-corrected chi connectivity index (χ0v) is 35.0. The van der Waals surface area contributed by atoms with Gasteiger partial charge >= 0.3 is 6.36 Å². The van der Waals surface area contributed by atoms with E-state index in [-0.39, 0.29) is 36.5 Å². The number of rotatable bonds is 7. The van der Waals surface area contributed by atoms with E-state index in [9.17, 15) is 23.1 Å². The maximum Gasteiger partial charge on any atom is 0.573 e. The Morgan fingerprint density at radius 2 is 1.32 bits per heavy atom. The quantitative estimate of drug-likeness (QED) is 0.117. The van der Waals surface area contributed by atoms with Crippen LogP contribution in [0.15, 0.2) is 56.5 Å². The minimum Gasteiger partial charge on any atom is -0.406 e. The maximum atomic E-state index is 12.7. The highest BCUT2D eigenvalue weighted by atomic mass is 35.5. The van der Waals surface area contributed by atoms with Gasteiger partial charge in [-0.1, -0.05) is 23.7 Å². The van der Waals surface area contributed by atoms with Crippen molar-refractivity contribution in [3.05, 3.63) is 77.8 Å². The lowest BCUT2D eigenvalue weighted by molar-refractivity contribution is -0.274. The molecule has 2 atom stereocenters. The van der Waals surface area contributed by atoms with Crippen LogP contribution in [-0.2, 0) is 11.2 Å². The van der Waals surface area contributed by atoms with E-state index >= 15 is 0 Å². The number of aromatic nitrogens is 6. The number of carbonyl (C=O) groups excluding carboxylic acids is 1. The Morgan fingerprint density at radius 3 is 1.89 bits per heavy atom. The molecule has 1 aliphatic heterocycles. The zero-order chi connectivity index (χ0) is 41.0. The molecule has 0 aliphatic carbocycles. The van der Waals surface area contributed by atoms with Gasteiger partial charge in [0.05, 0.1) is 45.9 Å². The highest BCUT2D eigenvalue weighted by Crippen LogP contribution is 2.30. The van der Waals surface area contributed by atoms with Crippen LogP contribution in [-0.4, -0.2) is 106 Å². The number of nitrogens with zero attached hydrogens (tertiary/aromatic N) is 9. The van der Waals surface area contributed by atoms with Gasteiger partial charge < -0.3 is 29.9 Å². The van der Waals surface area contributed by atoms with Gasteiger partial charge in [-0.3, -0.25) is 4.79 Å². The summed E-state index contributed by atoms with van der Waals surface area (Å²) in [6.07, 6.45) is -5.59. The van der Waals surface area contributed by atoms with E-state index in [4.69, 9.17) is 34.8 Å². The van der Waals surface area contributed by atoms with Gasteiger partial charge in [-0.25, -0.2) is 19.9 Å². The van der Waals surface area contributed by atoms with Crippen LogP contribution in [0.3, 0.4) is 0 Å². The zero-order valence-electron chi connectivity index (χ0n) is 30.3. The third-order valence-corrected chi connectivity index (χ3v) is 11.0. The predicted molar refractivity (Wildman–Crippen MR) is 223 cm³/mol. The van der Waals surface area contributed by atoms with Crippen molar-refractivity contribution in [1.29, 1.82) is 0 Å². The van der Waals surface area contributed by atoms with Crippen molar-refractivity contribution in [2.45, 2.75) is 24.9 Å².